The number of urea groups is 1. The Morgan fingerprint density at radius 2 is 1.18 bits per heavy atom. The molecule has 0 atom stereocenters. The van der Waals surface area contributed by atoms with E-state index in [1.807, 2.05) is 0 Å². The van der Waals surface area contributed by atoms with Gasteiger partial charge in [0.2, 0.25) is 25.9 Å². The number of para-hydroxylation sites is 2. The smallest absolute Gasteiger partial charge is 0.338 e. The van der Waals surface area contributed by atoms with Crippen molar-refractivity contribution in [1.29, 1.82) is 0 Å². The maximum Gasteiger partial charge on any atom is 0.338 e. The molecule has 3 fully saturated rings. The summed E-state index contributed by atoms with van der Waals surface area (Å²) in [5.41, 5.74) is -3.38. The quantitative estimate of drug-likeness (QED) is 0.162. The van der Waals surface area contributed by atoms with Crippen LogP contribution in [0.3, 0.4) is 0 Å². The lowest BCUT2D eigenvalue weighted by Gasteiger charge is -2.39. The number of amides is 4. The minimum absolute atomic E-state index is 0.292. The third-order valence-electron chi connectivity index (χ3n) is 10.0. The molecule has 290 valence electrons. The fraction of sp³-hybridized carbons (Fsp3) is 0.324. The Bertz CT molecular complexity index is 2490. The van der Waals surface area contributed by atoms with Gasteiger partial charge in [0.15, 0.2) is 0 Å². The summed E-state index contributed by atoms with van der Waals surface area (Å²) in [4.78, 5) is 69.9. The highest BCUT2D eigenvalue weighted by molar-refractivity contribution is 7.89. The molecule has 2 aromatic carbocycles. The number of nitrogens with two attached hydrogens (primary N) is 2. The van der Waals surface area contributed by atoms with Gasteiger partial charge in [0.1, 0.15) is 20.9 Å². The van der Waals surface area contributed by atoms with Gasteiger partial charge in [0.25, 0.3) is 17.4 Å². The van der Waals surface area contributed by atoms with Crippen LogP contribution in [0.15, 0.2) is 97.8 Å². The molecule has 3 aliphatic rings. The largest absolute Gasteiger partial charge is 0.494 e. The molecule has 16 nitrogen and oxygen atoms in total. The number of sulfonamides is 2. The van der Waals surface area contributed by atoms with Crippen LogP contribution in [0.5, 0.6) is 5.88 Å². The number of carbonyl (C=O) groups is 3. The molecule has 2 heterocycles. The second kappa shape index (κ2) is 15.7. The van der Waals surface area contributed by atoms with E-state index in [4.69, 9.17) is 10.3 Å². The summed E-state index contributed by atoms with van der Waals surface area (Å²) in [6, 6.07) is 8.42. The molecular formula is C37H40N6O10S2. The second-order valence-corrected chi connectivity index (χ2v) is 16.6. The van der Waals surface area contributed by atoms with E-state index in [2.05, 4.69) is 0 Å². The Balaban J connectivity index is 1.42. The lowest BCUT2D eigenvalue weighted by molar-refractivity contribution is -0.131. The van der Waals surface area contributed by atoms with E-state index in [1.54, 1.807) is 0 Å². The van der Waals surface area contributed by atoms with E-state index in [9.17, 15) is 45.9 Å². The summed E-state index contributed by atoms with van der Waals surface area (Å²) in [6.45, 7) is 0. The van der Waals surface area contributed by atoms with Crippen molar-refractivity contribution in [3.8, 4) is 11.6 Å². The van der Waals surface area contributed by atoms with Crippen molar-refractivity contribution in [2.45, 2.75) is 86.1 Å². The maximum absolute atomic E-state index is 13.9. The molecule has 18 heteroatoms. The lowest BCUT2D eigenvalue weighted by atomic mass is 9.93. The Morgan fingerprint density at radius 1 is 0.655 bits per heavy atom. The normalized spacial score (nSPS) is 19.0. The number of aromatic nitrogens is 2. The van der Waals surface area contributed by atoms with Gasteiger partial charge >= 0.3 is 11.7 Å². The molecule has 1 aliphatic heterocycles. The topological polar surface area (TPSA) is 242 Å². The van der Waals surface area contributed by atoms with E-state index in [-0.39, 0.29) is 16.9 Å². The zero-order chi connectivity index (χ0) is 39.7. The third kappa shape index (κ3) is 7.75. The van der Waals surface area contributed by atoms with Gasteiger partial charge in [0, 0.05) is 12.1 Å². The fourth-order valence-corrected chi connectivity index (χ4v) is 8.87. The maximum atomic E-state index is 13.9. The van der Waals surface area contributed by atoms with Crippen LogP contribution in [0.25, 0.3) is 11.8 Å². The first-order chi connectivity index (χ1) is 26.1. The molecule has 3 aromatic rings. The second-order valence-electron chi connectivity index (χ2n) is 13.6. The average Bonchev–Trinajstić information content (AvgIpc) is 3.14. The first-order valence-corrected chi connectivity index (χ1v) is 20.8. The van der Waals surface area contributed by atoms with Crippen LogP contribution >= 0.6 is 0 Å². The van der Waals surface area contributed by atoms with Crippen molar-refractivity contribution in [2.75, 3.05) is 4.90 Å². The number of imide groups is 2. The first kappa shape index (κ1) is 39.3. The van der Waals surface area contributed by atoms with Crippen LogP contribution < -0.4 is 26.4 Å². The number of primary sulfonamides is 2. The molecule has 0 unspecified atom stereocenters. The Morgan fingerprint density at radius 3 is 1.76 bits per heavy atom. The van der Waals surface area contributed by atoms with Gasteiger partial charge in [-0.05, 0) is 62.1 Å². The summed E-state index contributed by atoms with van der Waals surface area (Å²) >= 11 is 0. The van der Waals surface area contributed by atoms with Crippen molar-refractivity contribution < 1.29 is 36.3 Å². The van der Waals surface area contributed by atoms with Crippen molar-refractivity contribution in [3.05, 3.63) is 105 Å². The van der Waals surface area contributed by atoms with Gasteiger partial charge in [-0.2, -0.15) is 0 Å². The number of nitrogens with zero attached hydrogens (tertiary/aromatic N) is 4. The van der Waals surface area contributed by atoms with Crippen molar-refractivity contribution in [3.63, 3.8) is 0 Å². The molecule has 1 aromatic heterocycles. The van der Waals surface area contributed by atoms with E-state index in [1.165, 1.54) is 60.7 Å². The molecule has 6 rings (SSSR count). The van der Waals surface area contributed by atoms with Gasteiger partial charge in [-0.3, -0.25) is 23.9 Å². The van der Waals surface area contributed by atoms with Crippen molar-refractivity contribution in [1.82, 2.24) is 14.0 Å². The number of rotatable bonds is 9. The zero-order valence-corrected chi connectivity index (χ0v) is 31.2. The van der Waals surface area contributed by atoms with Gasteiger partial charge in [-0.1, -0.05) is 81.0 Å². The van der Waals surface area contributed by atoms with Crippen LogP contribution in [0.4, 0.5) is 10.5 Å². The number of carbonyl (C=O) groups excluding carboxylic acids is 3. The summed E-state index contributed by atoms with van der Waals surface area (Å²) in [5.74, 6) is -2.58. The van der Waals surface area contributed by atoms with Crippen molar-refractivity contribution >= 4 is 49.7 Å². The van der Waals surface area contributed by atoms with E-state index in [0.29, 0.717) is 35.2 Å². The molecule has 5 N–H and O–H groups in total. The minimum Gasteiger partial charge on any atom is -0.494 e. The van der Waals surface area contributed by atoms with Gasteiger partial charge in [-0.15, -0.1) is 0 Å². The first-order valence-electron chi connectivity index (χ1n) is 17.7. The predicted molar refractivity (Wildman–Crippen MR) is 202 cm³/mol. The lowest BCUT2D eigenvalue weighted by Crippen LogP contribution is -2.60. The highest BCUT2D eigenvalue weighted by Gasteiger charge is 2.46. The predicted octanol–water partition coefficient (Wildman–Crippen LogP) is 3.33. The van der Waals surface area contributed by atoms with E-state index >= 15 is 0 Å². The van der Waals surface area contributed by atoms with Gasteiger partial charge in [-0.25, -0.2) is 46.2 Å². The van der Waals surface area contributed by atoms with Crippen LogP contribution in [0, 0.1) is 0 Å². The van der Waals surface area contributed by atoms with Crippen LogP contribution in [-0.4, -0.2) is 59.9 Å². The molecule has 0 spiro atoms. The third-order valence-corrected chi connectivity index (χ3v) is 11.9. The summed E-state index contributed by atoms with van der Waals surface area (Å²) in [5, 5.41) is 22.2. The SMILES string of the molecule is NS(=O)(=O)c1ccccc1N1C(=O)\C(=C/C=C/C=C/c2c(O)n(C3CCCCC3)c(=O)n(-c3ccccc3S(N)(=O)=O)c2=O)C(=O)N(C2CCCCC2)C1=O. The number of hydrogen-bond acceptors (Lipinski definition) is 10. The van der Waals surface area contributed by atoms with E-state index in [0.717, 1.165) is 66.2 Å². The van der Waals surface area contributed by atoms with Crippen LogP contribution in [0.1, 0.15) is 75.8 Å². The average molecular weight is 793 g/mol. The molecule has 2 saturated carbocycles. The standard InChI is InChI=1S/C37H40N6O10S2/c38-54(50,51)30-22-12-10-20-28(30)42-34(46)26(32(44)40(36(42)48)24-14-4-1-5-15-24)18-8-3-9-19-27-33(45)41(25-16-6-2-7-17-25)37(49)43(35(27)47)29-21-11-13-23-31(29)55(39,52)53/h3,8-13,18-25,44H,1-2,4-7,14-17H2,(H2,38,50,51)(H2,39,52,53)/b9-3+,18-8+,27-19-. The number of anilines is 1. The molecule has 55 heavy (non-hydrogen) atoms. The molecule has 0 bridgehead atoms. The van der Waals surface area contributed by atoms with Crippen LogP contribution in [0.2, 0.25) is 0 Å². The molecule has 4 amide bonds. The Labute approximate surface area is 316 Å². The fourth-order valence-electron chi connectivity index (χ4n) is 7.43. The minimum atomic E-state index is -4.40. The van der Waals surface area contributed by atoms with Gasteiger partial charge in [0.05, 0.1) is 11.4 Å². The highest BCUT2D eigenvalue weighted by atomic mass is 32.2. The Kier molecular flexibility index (Phi) is 11.2. The Hall–Kier alpha value is -5.43. The molecular weight excluding hydrogens is 753 g/mol. The molecule has 0 radical (unpaired) electrons. The number of benzene rings is 2. The monoisotopic (exact) mass is 792 g/mol. The summed E-state index contributed by atoms with van der Waals surface area (Å²) in [7, 11) is -8.79. The highest BCUT2D eigenvalue weighted by Crippen LogP contribution is 2.34. The van der Waals surface area contributed by atoms with Gasteiger partial charge < -0.3 is 5.11 Å². The number of barbiturate groups is 1. The number of allylic oxidation sites excluding steroid dienone is 4. The summed E-state index contributed by atoms with van der Waals surface area (Å²) in [6.07, 6.45) is 13.1. The van der Waals surface area contributed by atoms with Crippen molar-refractivity contribution in [2.24, 2.45) is 10.3 Å². The summed E-state index contributed by atoms with van der Waals surface area (Å²) < 4.78 is 51.6. The van der Waals surface area contributed by atoms with Crippen LogP contribution in [-0.2, 0) is 29.6 Å². The van der Waals surface area contributed by atoms with E-state index < -0.39 is 82.5 Å². The molecule has 1 saturated heterocycles. The molecule has 2 aliphatic carbocycles. The number of hydrogen-bond donors (Lipinski definition) is 3. The zero-order valence-electron chi connectivity index (χ0n) is 29.6. The number of aromatic hydroxyl groups is 1.